The summed E-state index contributed by atoms with van der Waals surface area (Å²) in [4.78, 5) is 12.6. The van der Waals surface area contributed by atoms with Crippen molar-refractivity contribution in [1.82, 2.24) is 0 Å². The molecule has 0 unspecified atom stereocenters. The monoisotopic (exact) mass is 335 g/mol. The third-order valence-corrected chi connectivity index (χ3v) is 3.95. The van der Waals surface area contributed by atoms with Crippen molar-refractivity contribution in [2.75, 3.05) is 0 Å². The predicted octanol–water partition coefficient (Wildman–Crippen LogP) is 5.02. The van der Waals surface area contributed by atoms with E-state index in [0.29, 0.717) is 10.8 Å². The number of carbonyl (C=O) groups is 1. The lowest BCUT2D eigenvalue weighted by Crippen LogP contribution is -2.37. The molecule has 126 valence electrons. The Balaban J connectivity index is 2.37. The van der Waals surface area contributed by atoms with Crippen molar-refractivity contribution in [3.8, 4) is 6.07 Å². The van der Waals surface area contributed by atoms with Crippen LogP contribution >= 0.6 is 0 Å². The van der Waals surface area contributed by atoms with Crippen molar-refractivity contribution in [3.05, 3.63) is 60.2 Å². The Hall–Kier alpha value is -2.93. The second-order valence-electron chi connectivity index (χ2n) is 6.97. The lowest BCUT2D eigenvalue weighted by molar-refractivity contribution is -0.166. The van der Waals surface area contributed by atoms with Gasteiger partial charge in [-0.25, -0.2) is 9.18 Å². The highest BCUT2D eigenvalue weighted by molar-refractivity contribution is 6.07. The Kier molecular flexibility index (Phi) is 3.96. The van der Waals surface area contributed by atoms with Gasteiger partial charge < -0.3 is 4.74 Å². The van der Waals surface area contributed by atoms with Crippen molar-refractivity contribution in [2.24, 2.45) is 0 Å². The number of hydrogen-bond acceptors (Lipinski definition) is 3. The third kappa shape index (κ3) is 2.94. The molecule has 1 atom stereocenters. The molecule has 0 bridgehead atoms. The molecule has 0 amide bonds. The number of ether oxygens (including phenoxy) is 1. The summed E-state index contributed by atoms with van der Waals surface area (Å²) in [7, 11) is 0. The maximum atomic E-state index is 15.8. The first-order valence-corrected chi connectivity index (χ1v) is 8.01. The quantitative estimate of drug-likeness (QED) is 0.488. The van der Waals surface area contributed by atoms with Crippen molar-refractivity contribution in [2.45, 2.75) is 32.0 Å². The highest BCUT2D eigenvalue weighted by Gasteiger charge is 2.46. The number of fused-ring (bicyclic) bond motifs is 2. The van der Waals surface area contributed by atoms with Gasteiger partial charge in [0.25, 0.3) is 0 Å². The molecule has 0 aliphatic heterocycles. The van der Waals surface area contributed by atoms with Crippen molar-refractivity contribution >= 4 is 27.5 Å². The molecule has 0 heterocycles. The number of halogens is 1. The average molecular weight is 335 g/mol. The van der Waals surface area contributed by atoms with E-state index in [1.54, 1.807) is 51.1 Å². The number of hydrogen-bond donors (Lipinski definition) is 0. The van der Waals surface area contributed by atoms with Crippen LogP contribution in [0.1, 0.15) is 26.3 Å². The Morgan fingerprint density at radius 1 is 1.00 bits per heavy atom. The molecule has 0 radical (unpaired) electrons. The fourth-order valence-corrected chi connectivity index (χ4v) is 2.94. The molecule has 0 N–H and O–H groups in total. The van der Waals surface area contributed by atoms with Crippen molar-refractivity contribution < 1.29 is 13.9 Å². The molecule has 0 aliphatic rings. The van der Waals surface area contributed by atoms with Gasteiger partial charge in [0.05, 0.1) is 0 Å². The van der Waals surface area contributed by atoms with E-state index in [4.69, 9.17) is 4.74 Å². The number of alkyl halides is 1. The lowest BCUT2D eigenvalue weighted by Gasteiger charge is -2.26. The largest absolute Gasteiger partial charge is 0.457 e. The third-order valence-electron chi connectivity index (χ3n) is 3.95. The SMILES string of the molecule is CC(C)(C)OC(=O)[C@](F)(C#N)c1c2ccccc2cc2ccccc12. The van der Waals surface area contributed by atoms with E-state index in [1.807, 2.05) is 30.3 Å². The maximum Gasteiger partial charge on any atom is 0.364 e. The van der Waals surface area contributed by atoms with E-state index < -0.39 is 17.2 Å². The van der Waals surface area contributed by atoms with E-state index in [1.165, 1.54) is 0 Å². The van der Waals surface area contributed by atoms with E-state index in [9.17, 15) is 10.1 Å². The number of nitrogens with zero attached hydrogens (tertiary/aromatic N) is 1. The zero-order valence-corrected chi connectivity index (χ0v) is 14.3. The fraction of sp³-hybridized carbons (Fsp3) is 0.238. The van der Waals surface area contributed by atoms with Crippen molar-refractivity contribution in [3.63, 3.8) is 0 Å². The Morgan fingerprint density at radius 2 is 1.48 bits per heavy atom. The molecule has 0 aliphatic carbocycles. The number of carbonyl (C=O) groups excluding carboxylic acids is 1. The van der Waals surface area contributed by atoms with Gasteiger partial charge in [-0.15, -0.1) is 0 Å². The van der Waals surface area contributed by atoms with E-state index in [-0.39, 0.29) is 5.56 Å². The predicted molar refractivity (Wildman–Crippen MR) is 95.7 cm³/mol. The van der Waals surface area contributed by atoms with Gasteiger partial charge in [-0.1, -0.05) is 48.5 Å². The van der Waals surface area contributed by atoms with Gasteiger partial charge in [0.2, 0.25) is 0 Å². The van der Waals surface area contributed by atoms with Gasteiger partial charge in [0, 0.05) is 5.56 Å². The van der Waals surface area contributed by atoms with Crippen LogP contribution < -0.4 is 0 Å². The molecular weight excluding hydrogens is 317 g/mol. The number of benzene rings is 3. The molecule has 3 nitrogen and oxygen atoms in total. The van der Waals surface area contributed by atoms with Crippen LogP contribution in [0.25, 0.3) is 21.5 Å². The number of rotatable bonds is 2. The smallest absolute Gasteiger partial charge is 0.364 e. The molecule has 0 aromatic heterocycles. The van der Waals surface area contributed by atoms with Crippen LogP contribution in [-0.4, -0.2) is 11.6 Å². The minimum atomic E-state index is -2.90. The normalized spacial score (nSPS) is 14.0. The average Bonchev–Trinajstić information content (AvgIpc) is 2.57. The molecule has 3 aromatic rings. The fourth-order valence-electron chi connectivity index (χ4n) is 2.94. The first-order valence-electron chi connectivity index (χ1n) is 8.01. The molecule has 25 heavy (non-hydrogen) atoms. The van der Waals surface area contributed by atoms with E-state index in [0.717, 1.165) is 10.8 Å². The summed E-state index contributed by atoms with van der Waals surface area (Å²) in [6, 6.07) is 17.8. The lowest BCUT2D eigenvalue weighted by atomic mass is 9.87. The summed E-state index contributed by atoms with van der Waals surface area (Å²) in [6.45, 7) is 4.93. The second kappa shape index (κ2) is 5.86. The highest BCUT2D eigenvalue weighted by Crippen LogP contribution is 2.39. The van der Waals surface area contributed by atoms with Gasteiger partial charge in [0.15, 0.2) is 0 Å². The van der Waals surface area contributed by atoms with Crippen LogP contribution in [0.4, 0.5) is 4.39 Å². The molecule has 0 saturated carbocycles. The summed E-state index contributed by atoms with van der Waals surface area (Å²) in [5, 5.41) is 12.2. The van der Waals surface area contributed by atoms with Crippen LogP contribution in [0.2, 0.25) is 0 Å². The summed E-state index contributed by atoms with van der Waals surface area (Å²) >= 11 is 0. The topological polar surface area (TPSA) is 50.1 Å². The molecule has 0 spiro atoms. The van der Waals surface area contributed by atoms with Gasteiger partial charge in [0.1, 0.15) is 11.7 Å². The molecule has 0 saturated heterocycles. The summed E-state index contributed by atoms with van der Waals surface area (Å²) in [5.74, 6) is -1.19. The van der Waals surface area contributed by atoms with Gasteiger partial charge in [-0.05, 0) is 48.4 Å². The Labute approximate surface area is 145 Å². The Morgan fingerprint density at radius 3 is 1.92 bits per heavy atom. The van der Waals surface area contributed by atoms with Crippen LogP contribution in [0, 0.1) is 11.3 Å². The van der Waals surface area contributed by atoms with E-state index in [2.05, 4.69) is 0 Å². The van der Waals surface area contributed by atoms with Crippen LogP contribution in [-0.2, 0) is 15.2 Å². The van der Waals surface area contributed by atoms with Gasteiger partial charge in [-0.2, -0.15) is 5.26 Å². The zero-order valence-electron chi connectivity index (χ0n) is 14.3. The van der Waals surface area contributed by atoms with Gasteiger partial charge >= 0.3 is 11.6 Å². The summed E-state index contributed by atoms with van der Waals surface area (Å²) in [6.07, 6.45) is 0. The van der Waals surface area contributed by atoms with E-state index >= 15 is 4.39 Å². The first kappa shape index (κ1) is 16.9. The highest BCUT2D eigenvalue weighted by atomic mass is 19.1. The molecule has 4 heteroatoms. The standard InChI is InChI=1S/C21H18FNO2/c1-20(2,3)25-19(24)21(22,13-23)18-16-10-6-4-8-14(16)12-15-9-5-7-11-17(15)18/h4-12H,1-3H3/t21-/m0/s1. The summed E-state index contributed by atoms with van der Waals surface area (Å²) in [5.41, 5.74) is -3.75. The minimum absolute atomic E-state index is 0.0398. The first-order chi connectivity index (χ1) is 11.8. The Bertz CT molecular complexity index is 960. The molecule has 0 fully saturated rings. The molecule has 3 rings (SSSR count). The van der Waals surface area contributed by atoms with Crippen LogP contribution in [0.15, 0.2) is 54.6 Å². The van der Waals surface area contributed by atoms with Crippen molar-refractivity contribution in [1.29, 1.82) is 5.26 Å². The maximum absolute atomic E-state index is 15.8. The zero-order chi connectivity index (χ0) is 18.2. The number of nitriles is 1. The summed E-state index contributed by atoms with van der Waals surface area (Å²) < 4.78 is 21.0. The second-order valence-corrected chi connectivity index (χ2v) is 6.97. The van der Waals surface area contributed by atoms with Crippen LogP contribution in [0.5, 0.6) is 0 Å². The molecular formula is C21H18FNO2. The minimum Gasteiger partial charge on any atom is -0.457 e. The van der Waals surface area contributed by atoms with Crippen LogP contribution in [0.3, 0.4) is 0 Å². The van der Waals surface area contributed by atoms with Gasteiger partial charge in [-0.3, -0.25) is 0 Å². The number of esters is 1. The molecule has 3 aromatic carbocycles.